The normalized spacial score (nSPS) is 10.3. The quantitative estimate of drug-likeness (QED) is 0.0178. The number of aromatic carboxylic acids is 1. The molecule has 0 saturated heterocycles. The number of aromatic amines is 2. The third kappa shape index (κ3) is 34.9. The Morgan fingerprint density at radius 2 is 0.981 bits per heavy atom. The number of nitriles is 1. The van der Waals surface area contributed by atoms with Crippen molar-refractivity contribution in [2.75, 3.05) is 23.5 Å². The van der Waals surface area contributed by atoms with Crippen LogP contribution in [0.4, 0.5) is 31.8 Å². The first-order chi connectivity index (χ1) is 47.4. The Morgan fingerprint density at radius 3 is 1.29 bits per heavy atom. The number of carbonyl (C=O) groups excluding carboxylic acids is 6. The number of Topliss-reactive ketones (excluding diaryl/α,β-unsaturated/α-hetero) is 3. The minimum absolute atomic E-state index is 0. The fourth-order valence-electron chi connectivity index (χ4n) is 7.54. The van der Waals surface area contributed by atoms with E-state index < -0.39 is 52.9 Å². The molecule has 103 heavy (non-hydrogen) atoms. The number of thiocarbonyl (C=S) groups is 1. The summed E-state index contributed by atoms with van der Waals surface area (Å²) in [6, 6.07) is 57.6. The van der Waals surface area contributed by atoms with Crippen LogP contribution in [0.2, 0.25) is 0 Å². The lowest BCUT2D eigenvalue weighted by Crippen LogP contribution is -2.31. The van der Waals surface area contributed by atoms with Crippen LogP contribution in [-0.2, 0) is 24.3 Å². The number of nitrogens with two attached hydrogens (primary N) is 3. The van der Waals surface area contributed by atoms with Gasteiger partial charge in [0.25, 0.3) is 0 Å². The number of benzene rings is 6. The maximum atomic E-state index is 13.0. The third-order valence-electron chi connectivity index (χ3n) is 12.0. The Hall–Kier alpha value is -10.8. The summed E-state index contributed by atoms with van der Waals surface area (Å²) in [6.45, 7) is 21.3. The van der Waals surface area contributed by atoms with E-state index in [2.05, 4.69) is 63.6 Å². The highest BCUT2D eigenvalue weighted by Crippen LogP contribution is 2.29. The van der Waals surface area contributed by atoms with Crippen molar-refractivity contribution in [1.29, 1.82) is 10.7 Å². The molecule has 0 aliphatic rings. The van der Waals surface area contributed by atoms with Crippen LogP contribution in [0.5, 0.6) is 0 Å². The van der Waals surface area contributed by atoms with Crippen molar-refractivity contribution in [3.05, 3.63) is 216 Å². The maximum Gasteiger partial charge on any atom is 0.421 e. The number of alkyl halides is 1. The number of amides is 2. The van der Waals surface area contributed by atoms with Crippen LogP contribution in [-0.4, -0.2) is 122 Å². The molecule has 1 unspecified atom stereocenters. The minimum Gasteiger partial charge on any atom is -0.476 e. The molecule has 25 nitrogen and oxygen atoms in total. The van der Waals surface area contributed by atoms with Gasteiger partial charge < -0.3 is 57.0 Å². The molecule has 0 aliphatic carbocycles. The number of ether oxygens (including phenoxy) is 3. The number of nitrogens with one attached hydrogen (secondary N) is 5. The van der Waals surface area contributed by atoms with E-state index in [1.807, 2.05) is 121 Å². The molecule has 9 aromatic rings. The third-order valence-corrected chi connectivity index (χ3v) is 12.9. The number of halogens is 2. The number of nitrogen functional groups attached to an aromatic ring is 1. The summed E-state index contributed by atoms with van der Waals surface area (Å²) in [6.07, 6.45) is -2.35. The van der Waals surface area contributed by atoms with Crippen LogP contribution in [0.3, 0.4) is 0 Å². The first-order valence-electron chi connectivity index (χ1n) is 30.8. The predicted octanol–water partition coefficient (Wildman–Crippen LogP) is 16.1. The molecule has 550 valence electrons. The lowest BCUT2D eigenvalue weighted by atomic mass is 10.1. The topological polar surface area (TPSA) is 413 Å². The molecule has 1 atom stereocenters. The zero-order valence-corrected chi connectivity index (χ0v) is 63.4. The van der Waals surface area contributed by atoms with Crippen molar-refractivity contribution in [1.82, 2.24) is 29.5 Å². The van der Waals surface area contributed by atoms with E-state index in [0.717, 1.165) is 33.7 Å². The van der Waals surface area contributed by atoms with Gasteiger partial charge in [0, 0.05) is 54.3 Å². The molecule has 0 fully saturated rings. The lowest BCUT2D eigenvalue weighted by molar-refractivity contribution is -0.117. The summed E-state index contributed by atoms with van der Waals surface area (Å²) in [5, 5.41) is 37.2. The number of carbonyl (C=O) groups is 7. The van der Waals surface area contributed by atoms with Gasteiger partial charge in [0.05, 0.1) is 6.07 Å². The second-order valence-electron chi connectivity index (χ2n) is 23.9. The predicted molar refractivity (Wildman–Crippen MR) is 418 cm³/mol. The first kappa shape index (κ1) is 92.2. The highest BCUT2D eigenvalue weighted by Gasteiger charge is 2.31. The number of carboxylic acids is 1. The minimum atomic E-state index is -1.22. The standard InChI is InChI=1S/C21H27N3O5.C15H17N3O4.C11H11N3O.C8H9N.C7H7Br.C7H7NS.C4H6N2O.CH4O.CH4.BrH/c1-13(25)15-17(23-18(26)28-20(2,3)4)24(19(27)29-21(5,6)7)16(22-15)14-11-9-8-10-12-14;1-15(2,3)22-14(21)18-12-10(13(19)20)16-11(17-12)9-7-5-4-6-8-9;1-7(15)9-10(12)14-11(13-9)8-5-3-2-4-6-8;1-7(9)8-5-3-2-4-6-8;8-6-7-4-2-1-3-5-7;8-7(9)6-4-2-1-3-5-6;1-3(7)4(6)2-5;1-2;;/h8-12H,1-7H3,(H,23,26);4-8H,1-3H3,(H,16,17)(H,18,21)(H,19,20);2-6H,12H2,1H3,(H,13,14);2-6,9H,1H3;1-5H,6H2;1-5H,(H2,8,9);4H,6H2,1H3;2H,1H3;1H4;1H. The lowest BCUT2D eigenvalue weighted by Gasteiger charge is -2.22. The number of rotatable bonds is 12. The largest absolute Gasteiger partial charge is 0.476 e. The molecule has 0 saturated carbocycles. The van der Waals surface area contributed by atoms with Crippen LogP contribution in [0.1, 0.15) is 146 Å². The number of hydrogen-bond acceptors (Lipinski definition) is 19. The summed E-state index contributed by atoms with van der Waals surface area (Å²) < 4.78 is 16.9. The van der Waals surface area contributed by atoms with Crippen molar-refractivity contribution < 1.29 is 58.0 Å². The maximum absolute atomic E-state index is 13.0. The summed E-state index contributed by atoms with van der Waals surface area (Å²) in [7, 11) is 1.00. The second kappa shape index (κ2) is 45.8. The van der Waals surface area contributed by atoms with Crippen molar-refractivity contribution >= 4 is 115 Å². The van der Waals surface area contributed by atoms with Gasteiger partial charge in [-0.3, -0.25) is 25.0 Å². The number of nitrogens with zero attached hydrogens (tertiary/aromatic N) is 5. The van der Waals surface area contributed by atoms with E-state index in [9.17, 15) is 38.7 Å². The van der Waals surface area contributed by atoms with Crippen molar-refractivity contribution in [2.24, 2.45) is 11.5 Å². The first-order valence-corrected chi connectivity index (χ1v) is 32.4. The number of aliphatic hydroxyl groups is 1. The van der Waals surface area contributed by atoms with Gasteiger partial charge in [-0.25, -0.2) is 38.7 Å². The van der Waals surface area contributed by atoms with E-state index >= 15 is 0 Å². The molecule has 9 rings (SSSR count). The van der Waals surface area contributed by atoms with Gasteiger partial charge in [-0.1, -0.05) is 218 Å². The van der Waals surface area contributed by atoms with E-state index in [1.54, 1.807) is 124 Å². The Bertz CT molecular complexity index is 4120. The SMILES string of the molecule is Br.BrCc1ccccc1.C.CC(=N)c1ccccc1.CC(=O)C(N)C#N.CC(=O)c1[nH]c(-c2ccccc2)nc1N.CC(=O)c1nc(-c2ccccc2)n(C(=O)OC(C)(C)C)c1NC(=O)OC(C)(C)C.CC(C)(C)OC(=O)Nc1nc(-c2ccccc2)[nH]c1C(=O)O.CO.NC(=S)c1ccccc1. The molecule has 0 aliphatic heterocycles. The molecular formula is C75H93Br2N13O12S. The molecule has 0 bridgehead atoms. The van der Waals surface area contributed by atoms with Gasteiger partial charge in [-0.15, -0.1) is 17.0 Å². The number of imidazole rings is 3. The highest BCUT2D eigenvalue weighted by molar-refractivity contribution is 9.08. The van der Waals surface area contributed by atoms with Gasteiger partial charge in [-0.2, -0.15) is 5.26 Å². The summed E-state index contributed by atoms with van der Waals surface area (Å²) in [5.41, 5.74) is 19.8. The fourth-order valence-corrected chi connectivity index (χ4v) is 8.05. The summed E-state index contributed by atoms with van der Waals surface area (Å²) in [4.78, 5) is 100. The smallest absolute Gasteiger partial charge is 0.421 e. The molecule has 3 heterocycles. The molecule has 2 amide bonds. The van der Waals surface area contributed by atoms with Gasteiger partial charge in [0.15, 0.2) is 52.4 Å². The molecule has 13 N–H and O–H groups in total. The highest BCUT2D eigenvalue weighted by atomic mass is 79.9. The number of H-pyrrole nitrogens is 2. The molecule has 28 heteroatoms. The van der Waals surface area contributed by atoms with Crippen molar-refractivity contribution in [2.45, 2.75) is 126 Å². The molecule has 6 aromatic carbocycles. The van der Waals surface area contributed by atoms with Crippen LogP contribution >= 0.6 is 45.1 Å². The van der Waals surface area contributed by atoms with E-state index in [4.69, 9.17) is 59.4 Å². The number of carboxylic acid groups (broad SMARTS) is 1. The Kier molecular flexibility index (Phi) is 41.0. The number of anilines is 3. The number of ketones is 3. The van der Waals surface area contributed by atoms with Crippen LogP contribution in [0.15, 0.2) is 182 Å². The zero-order valence-electron chi connectivity index (χ0n) is 59.2. The average Bonchev–Trinajstić information content (AvgIpc) is 1.63. The molecular weight excluding hydrogens is 1470 g/mol. The monoisotopic (exact) mass is 1560 g/mol. The second-order valence-corrected chi connectivity index (χ2v) is 24.9. The van der Waals surface area contributed by atoms with Crippen LogP contribution < -0.4 is 27.8 Å². The van der Waals surface area contributed by atoms with E-state index in [-0.39, 0.29) is 70.6 Å². The van der Waals surface area contributed by atoms with Crippen molar-refractivity contribution in [3.8, 4) is 40.2 Å². The van der Waals surface area contributed by atoms with Crippen molar-refractivity contribution in [3.63, 3.8) is 0 Å². The molecule has 0 radical (unpaired) electrons. The molecule has 3 aromatic heterocycles. The number of aliphatic hydroxyl groups excluding tert-OH is 1. The van der Waals surface area contributed by atoms with E-state index in [0.29, 0.717) is 39.2 Å². The van der Waals surface area contributed by atoms with E-state index in [1.165, 1.54) is 26.3 Å². The number of aromatic nitrogens is 6. The zero-order chi connectivity index (χ0) is 76.2. The summed E-state index contributed by atoms with van der Waals surface area (Å²) in [5.74, 6) is -0.818. The van der Waals surface area contributed by atoms with Crippen LogP contribution in [0.25, 0.3) is 34.2 Å². The van der Waals surface area contributed by atoms with Crippen LogP contribution in [0, 0.1) is 16.7 Å². The Balaban J connectivity index is 0.00000124. The number of hydrogen-bond donors (Lipinski definition) is 10. The Labute approximate surface area is 625 Å². The van der Waals surface area contributed by atoms with Gasteiger partial charge in [0.2, 0.25) is 0 Å². The van der Waals surface area contributed by atoms with Gasteiger partial charge in [-0.05, 0) is 87.3 Å². The fraction of sp³-hybridized carbons (Fsp3) is 0.267. The average molecular weight is 1560 g/mol. The van der Waals surface area contributed by atoms with Gasteiger partial charge >= 0.3 is 24.2 Å². The van der Waals surface area contributed by atoms with Gasteiger partial charge in [0.1, 0.15) is 44.8 Å². The molecule has 0 spiro atoms. The Morgan fingerprint density at radius 1 is 0.602 bits per heavy atom. The summed E-state index contributed by atoms with van der Waals surface area (Å²) >= 11 is 8.10.